The van der Waals surface area contributed by atoms with Gasteiger partial charge in [-0.25, -0.2) is 13.2 Å². The molecule has 0 heterocycles. The van der Waals surface area contributed by atoms with Crippen molar-refractivity contribution in [2.45, 2.75) is 0 Å². The fraction of sp³-hybridized carbons (Fsp3) is 0.222. The number of nitrogens with one attached hydrogen (secondary N) is 1. The van der Waals surface area contributed by atoms with Crippen molar-refractivity contribution in [1.82, 2.24) is 5.32 Å². The summed E-state index contributed by atoms with van der Waals surface area (Å²) in [4.78, 5) is 11.1. The fourth-order valence-corrected chi connectivity index (χ4v) is 0.979. The van der Waals surface area contributed by atoms with Gasteiger partial charge in [-0.2, -0.15) is 0 Å². The summed E-state index contributed by atoms with van der Waals surface area (Å²) in [5, 5.41) is 2.53. The van der Waals surface area contributed by atoms with Gasteiger partial charge in [-0.3, -0.25) is 4.79 Å². The van der Waals surface area contributed by atoms with Crippen LogP contribution in [0.1, 0.15) is 10.4 Å². The van der Waals surface area contributed by atoms with E-state index in [1.54, 1.807) is 0 Å². The first-order chi connectivity index (χ1) is 6.56. The predicted octanol–water partition coefficient (Wildman–Crippen LogP) is 1.51. The molecule has 76 valence electrons. The van der Waals surface area contributed by atoms with Crippen LogP contribution in [0.3, 0.4) is 0 Å². The largest absolute Gasteiger partial charge is 0.313 e. The third-order valence-electron chi connectivity index (χ3n) is 1.64. The molecule has 2 nitrogen and oxygen atoms in total. The Morgan fingerprint density at radius 2 is 1.79 bits per heavy atom. The number of benzene rings is 1. The SMILES string of the molecule is CNCC(=O)c1cc(F)c(F)c(F)c1. The molecule has 0 bridgehead atoms. The summed E-state index contributed by atoms with van der Waals surface area (Å²) in [7, 11) is 1.52. The Labute approximate surface area is 78.7 Å². The first kappa shape index (κ1) is 10.7. The van der Waals surface area contributed by atoms with Crippen LogP contribution < -0.4 is 5.32 Å². The number of likely N-dealkylation sites (N-methyl/N-ethyl adjacent to an activating group) is 1. The average Bonchev–Trinajstić information content (AvgIpc) is 2.13. The number of hydrogen-bond acceptors (Lipinski definition) is 2. The molecule has 1 rings (SSSR count). The van der Waals surface area contributed by atoms with Crippen molar-refractivity contribution < 1.29 is 18.0 Å². The smallest absolute Gasteiger partial charge is 0.194 e. The minimum atomic E-state index is -1.56. The molecular formula is C9H8F3NO. The van der Waals surface area contributed by atoms with Gasteiger partial charge in [0.2, 0.25) is 0 Å². The van der Waals surface area contributed by atoms with Crippen LogP contribution in [0.2, 0.25) is 0 Å². The van der Waals surface area contributed by atoms with Crippen LogP contribution in [0.15, 0.2) is 12.1 Å². The van der Waals surface area contributed by atoms with Gasteiger partial charge in [0, 0.05) is 5.56 Å². The highest BCUT2D eigenvalue weighted by molar-refractivity contribution is 5.97. The van der Waals surface area contributed by atoms with Crippen LogP contribution in [-0.4, -0.2) is 19.4 Å². The van der Waals surface area contributed by atoms with E-state index in [2.05, 4.69) is 5.32 Å². The maximum Gasteiger partial charge on any atom is 0.194 e. The number of Topliss-reactive ketones (excluding diaryl/α,β-unsaturated/α-hetero) is 1. The van der Waals surface area contributed by atoms with E-state index >= 15 is 0 Å². The van der Waals surface area contributed by atoms with E-state index in [1.807, 2.05) is 0 Å². The molecule has 5 heteroatoms. The summed E-state index contributed by atoms with van der Waals surface area (Å²) in [5.41, 5.74) is -0.184. The number of halogens is 3. The molecule has 0 radical (unpaired) electrons. The Balaban J connectivity index is 3.06. The molecule has 0 amide bonds. The molecule has 1 aromatic carbocycles. The molecule has 0 fully saturated rings. The van der Waals surface area contributed by atoms with Gasteiger partial charge in [-0.15, -0.1) is 0 Å². The van der Waals surface area contributed by atoms with Gasteiger partial charge in [0.25, 0.3) is 0 Å². The molecule has 0 spiro atoms. The van der Waals surface area contributed by atoms with E-state index in [-0.39, 0.29) is 12.1 Å². The lowest BCUT2D eigenvalue weighted by atomic mass is 10.1. The van der Waals surface area contributed by atoms with Gasteiger partial charge in [0.05, 0.1) is 6.54 Å². The second-order valence-electron chi connectivity index (χ2n) is 2.71. The van der Waals surface area contributed by atoms with Crippen molar-refractivity contribution in [2.24, 2.45) is 0 Å². The van der Waals surface area contributed by atoms with Gasteiger partial charge < -0.3 is 5.32 Å². The molecule has 0 aromatic heterocycles. The van der Waals surface area contributed by atoms with E-state index in [0.29, 0.717) is 12.1 Å². The highest BCUT2D eigenvalue weighted by atomic mass is 19.2. The van der Waals surface area contributed by atoms with Crippen molar-refractivity contribution in [3.63, 3.8) is 0 Å². The molecule has 1 aromatic rings. The molecule has 0 aliphatic carbocycles. The maximum absolute atomic E-state index is 12.7. The van der Waals surface area contributed by atoms with E-state index < -0.39 is 23.2 Å². The second kappa shape index (κ2) is 4.23. The van der Waals surface area contributed by atoms with Gasteiger partial charge in [0.15, 0.2) is 23.2 Å². The highest BCUT2D eigenvalue weighted by Crippen LogP contribution is 2.13. The Kier molecular flexibility index (Phi) is 3.24. The lowest BCUT2D eigenvalue weighted by Crippen LogP contribution is -2.19. The van der Waals surface area contributed by atoms with Crippen molar-refractivity contribution in [3.8, 4) is 0 Å². The summed E-state index contributed by atoms with van der Waals surface area (Å²) < 4.78 is 37.8. The first-order valence-corrected chi connectivity index (χ1v) is 3.88. The van der Waals surface area contributed by atoms with Crippen molar-refractivity contribution in [1.29, 1.82) is 0 Å². The molecule has 0 aliphatic heterocycles. The number of carbonyl (C=O) groups excluding carboxylic acids is 1. The first-order valence-electron chi connectivity index (χ1n) is 3.88. The van der Waals surface area contributed by atoms with Crippen molar-refractivity contribution >= 4 is 5.78 Å². The van der Waals surface area contributed by atoms with Crippen LogP contribution in [0, 0.1) is 17.5 Å². The van der Waals surface area contributed by atoms with Gasteiger partial charge in [-0.05, 0) is 19.2 Å². The normalized spacial score (nSPS) is 10.3. The Morgan fingerprint density at radius 1 is 1.29 bits per heavy atom. The molecule has 1 N–H and O–H groups in total. The fourth-order valence-electron chi connectivity index (χ4n) is 0.979. The number of rotatable bonds is 3. The number of ketones is 1. The van der Waals surface area contributed by atoms with Crippen LogP contribution in [0.25, 0.3) is 0 Å². The van der Waals surface area contributed by atoms with Crippen LogP contribution >= 0.6 is 0 Å². The average molecular weight is 203 g/mol. The van der Waals surface area contributed by atoms with Crippen LogP contribution in [0.5, 0.6) is 0 Å². The zero-order chi connectivity index (χ0) is 10.7. The molecule has 0 saturated carbocycles. The van der Waals surface area contributed by atoms with Crippen LogP contribution in [-0.2, 0) is 0 Å². The summed E-state index contributed by atoms with van der Waals surface area (Å²) in [6.07, 6.45) is 0. The minimum absolute atomic E-state index is 0.0511. The topological polar surface area (TPSA) is 29.1 Å². The number of hydrogen-bond donors (Lipinski definition) is 1. The van der Waals surface area contributed by atoms with Gasteiger partial charge >= 0.3 is 0 Å². The Bertz CT molecular complexity index is 342. The third-order valence-corrected chi connectivity index (χ3v) is 1.64. The highest BCUT2D eigenvalue weighted by Gasteiger charge is 2.14. The minimum Gasteiger partial charge on any atom is -0.313 e. The van der Waals surface area contributed by atoms with E-state index in [0.717, 1.165) is 0 Å². The zero-order valence-electron chi connectivity index (χ0n) is 7.40. The van der Waals surface area contributed by atoms with Crippen molar-refractivity contribution in [2.75, 3.05) is 13.6 Å². The summed E-state index contributed by atoms with van der Waals surface area (Å²) in [6, 6.07) is 1.36. The standard InChI is InChI=1S/C9H8F3NO/c1-13-4-8(14)5-2-6(10)9(12)7(11)3-5/h2-3,13H,4H2,1H3. The quantitative estimate of drug-likeness (QED) is 0.596. The zero-order valence-corrected chi connectivity index (χ0v) is 7.40. The molecule has 0 unspecified atom stereocenters. The summed E-state index contributed by atoms with van der Waals surface area (Å²) in [6.45, 7) is -0.0511. The monoisotopic (exact) mass is 203 g/mol. The van der Waals surface area contributed by atoms with E-state index in [9.17, 15) is 18.0 Å². The van der Waals surface area contributed by atoms with Crippen molar-refractivity contribution in [3.05, 3.63) is 35.1 Å². The Hall–Kier alpha value is -1.36. The lowest BCUT2D eigenvalue weighted by Gasteiger charge is -2.01. The predicted molar refractivity (Wildman–Crippen MR) is 44.6 cm³/mol. The number of carbonyl (C=O) groups is 1. The van der Waals surface area contributed by atoms with Crippen LogP contribution in [0.4, 0.5) is 13.2 Å². The Morgan fingerprint density at radius 3 is 2.21 bits per heavy atom. The summed E-state index contributed by atoms with van der Waals surface area (Å²) in [5.74, 6) is -4.77. The van der Waals surface area contributed by atoms with Gasteiger partial charge in [0.1, 0.15) is 0 Å². The summed E-state index contributed by atoms with van der Waals surface area (Å²) >= 11 is 0. The van der Waals surface area contributed by atoms with Gasteiger partial charge in [-0.1, -0.05) is 0 Å². The molecule has 14 heavy (non-hydrogen) atoms. The molecule has 0 atom stereocenters. The maximum atomic E-state index is 12.7. The van der Waals surface area contributed by atoms with E-state index in [1.165, 1.54) is 7.05 Å². The second-order valence-corrected chi connectivity index (χ2v) is 2.71. The molecule has 0 aliphatic rings. The lowest BCUT2D eigenvalue weighted by molar-refractivity contribution is 0.0992. The third kappa shape index (κ3) is 2.11. The molecule has 0 saturated heterocycles. The molecular weight excluding hydrogens is 195 g/mol. The van der Waals surface area contributed by atoms with E-state index in [4.69, 9.17) is 0 Å².